The SMILES string of the molecule is COc1ccc(-c2noc(CN3CCN(C(=O)c4c(C)nn(-c5ccccc5)c4C)CC3)n2)cc1. The third kappa shape index (κ3) is 4.67. The molecule has 0 N–H and O–H groups in total. The van der Waals surface area contributed by atoms with Crippen molar-refractivity contribution < 1.29 is 14.1 Å². The molecule has 1 aliphatic rings. The predicted molar refractivity (Wildman–Crippen MR) is 131 cm³/mol. The third-order valence-corrected chi connectivity index (χ3v) is 6.34. The highest BCUT2D eigenvalue weighted by Gasteiger charge is 2.28. The Morgan fingerprint density at radius 3 is 2.40 bits per heavy atom. The monoisotopic (exact) mass is 472 g/mol. The van der Waals surface area contributed by atoms with Crippen LogP contribution in [-0.2, 0) is 6.54 Å². The Balaban J connectivity index is 1.21. The zero-order chi connectivity index (χ0) is 24.4. The van der Waals surface area contributed by atoms with Gasteiger partial charge in [-0.1, -0.05) is 23.4 Å². The van der Waals surface area contributed by atoms with Crippen LogP contribution in [0.1, 0.15) is 27.6 Å². The molecule has 1 fully saturated rings. The molecule has 35 heavy (non-hydrogen) atoms. The molecule has 1 amide bonds. The van der Waals surface area contributed by atoms with Crippen molar-refractivity contribution in [3.63, 3.8) is 0 Å². The van der Waals surface area contributed by atoms with Crippen molar-refractivity contribution in [2.45, 2.75) is 20.4 Å². The number of benzene rings is 2. The molecule has 9 heteroatoms. The zero-order valence-corrected chi connectivity index (χ0v) is 20.1. The molecule has 0 unspecified atom stereocenters. The van der Waals surface area contributed by atoms with E-state index in [0.717, 1.165) is 41.5 Å². The van der Waals surface area contributed by atoms with E-state index in [-0.39, 0.29) is 5.91 Å². The van der Waals surface area contributed by atoms with Gasteiger partial charge in [0.2, 0.25) is 11.7 Å². The Bertz CT molecular complexity index is 1300. The molecule has 5 rings (SSSR count). The molecule has 0 saturated carbocycles. The first-order valence-electron chi connectivity index (χ1n) is 11.6. The first kappa shape index (κ1) is 22.8. The number of amides is 1. The molecule has 2 aromatic heterocycles. The highest BCUT2D eigenvalue weighted by Crippen LogP contribution is 2.22. The summed E-state index contributed by atoms with van der Waals surface area (Å²) in [5, 5.41) is 8.74. The minimum Gasteiger partial charge on any atom is -0.497 e. The Morgan fingerprint density at radius 1 is 1.00 bits per heavy atom. The maximum Gasteiger partial charge on any atom is 0.257 e. The van der Waals surface area contributed by atoms with E-state index in [4.69, 9.17) is 9.26 Å². The van der Waals surface area contributed by atoms with Crippen molar-refractivity contribution in [2.75, 3.05) is 33.3 Å². The van der Waals surface area contributed by atoms with Gasteiger partial charge in [0.1, 0.15) is 5.75 Å². The summed E-state index contributed by atoms with van der Waals surface area (Å²) in [7, 11) is 1.63. The topological polar surface area (TPSA) is 89.5 Å². The molecule has 0 radical (unpaired) electrons. The van der Waals surface area contributed by atoms with Crippen LogP contribution in [-0.4, -0.2) is 68.9 Å². The smallest absolute Gasteiger partial charge is 0.257 e. The maximum atomic E-state index is 13.4. The summed E-state index contributed by atoms with van der Waals surface area (Å²) in [4.78, 5) is 22.0. The van der Waals surface area contributed by atoms with Crippen molar-refractivity contribution in [1.29, 1.82) is 0 Å². The number of methoxy groups -OCH3 is 1. The van der Waals surface area contributed by atoms with Crippen LogP contribution in [0.25, 0.3) is 17.1 Å². The van der Waals surface area contributed by atoms with Gasteiger partial charge in [-0.2, -0.15) is 10.1 Å². The van der Waals surface area contributed by atoms with Crippen LogP contribution in [0.3, 0.4) is 0 Å². The van der Waals surface area contributed by atoms with Crippen LogP contribution >= 0.6 is 0 Å². The van der Waals surface area contributed by atoms with E-state index in [1.807, 2.05) is 78.0 Å². The standard InChI is InChI=1S/C26H28N6O3/c1-18-24(19(2)32(28-18)21-7-5-4-6-8-21)26(33)31-15-13-30(14-16-31)17-23-27-25(29-35-23)20-9-11-22(34-3)12-10-20/h4-12H,13-17H2,1-3H3. The van der Waals surface area contributed by atoms with E-state index in [1.165, 1.54) is 0 Å². The largest absolute Gasteiger partial charge is 0.497 e. The van der Waals surface area contributed by atoms with Gasteiger partial charge in [0.15, 0.2) is 0 Å². The number of piperazine rings is 1. The molecule has 4 aromatic rings. The first-order chi connectivity index (χ1) is 17.0. The van der Waals surface area contributed by atoms with E-state index in [0.29, 0.717) is 36.9 Å². The molecule has 9 nitrogen and oxygen atoms in total. The van der Waals surface area contributed by atoms with Gasteiger partial charge >= 0.3 is 0 Å². The Labute approximate surface area is 203 Å². The molecule has 180 valence electrons. The van der Waals surface area contributed by atoms with Gasteiger partial charge in [0.05, 0.1) is 36.3 Å². The number of rotatable bonds is 6. The van der Waals surface area contributed by atoms with E-state index in [2.05, 4.69) is 20.1 Å². The fourth-order valence-electron chi connectivity index (χ4n) is 4.41. The molecular formula is C26H28N6O3. The second-order valence-corrected chi connectivity index (χ2v) is 8.60. The number of hydrogen-bond acceptors (Lipinski definition) is 7. The van der Waals surface area contributed by atoms with Crippen LogP contribution in [0.4, 0.5) is 0 Å². The number of ether oxygens (including phenoxy) is 1. The second-order valence-electron chi connectivity index (χ2n) is 8.60. The molecule has 1 saturated heterocycles. The fourth-order valence-corrected chi connectivity index (χ4v) is 4.41. The lowest BCUT2D eigenvalue weighted by Crippen LogP contribution is -2.48. The van der Waals surface area contributed by atoms with E-state index < -0.39 is 0 Å². The van der Waals surface area contributed by atoms with Crippen molar-refractivity contribution >= 4 is 5.91 Å². The van der Waals surface area contributed by atoms with Gasteiger partial charge in [-0.3, -0.25) is 9.69 Å². The lowest BCUT2D eigenvalue weighted by atomic mass is 10.1. The van der Waals surface area contributed by atoms with Gasteiger partial charge < -0.3 is 14.2 Å². The molecule has 0 atom stereocenters. The third-order valence-electron chi connectivity index (χ3n) is 6.34. The fraction of sp³-hybridized carbons (Fsp3) is 0.308. The van der Waals surface area contributed by atoms with Crippen LogP contribution in [0.15, 0.2) is 59.1 Å². The summed E-state index contributed by atoms with van der Waals surface area (Å²) in [6.45, 7) is 7.13. The first-order valence-corrected chi connectivity index (χ1v) is 11.6. The minimum atomic E-state index is 0.0291. The van der Waals surface area contributed by atoms with Crippen LogP contribution in [0, 0.1) is 13.8 Å². The number of nitrogens with zero attached hydrogens (tertiary/aromatic N) is 6. The summed E-state index contributed by atoms with van der Waals surface area (Å²) >= 11 is 0. The summed E-state index contributed by atoms with van der Waals surface area (Å²) in [6, 6.07) is 17.4. The van der Waals surface area contributed by atoms with E-state index >= 15 is 0 Å². The summed E-state index contributed by atoms with van der Waals surface area (Å²) < 4.78 is 12.5. The lowest BCUT2D eigenvalue weighted by Gasteiger charge is -2.34. The average Bonchev–Trinajstić information content (AvgIpc) is 3.48. The highest BCUT2D eigenvalue weighted by atomic mass is 16.5. The molecule has 0 bridgehead atoms. The Kier molecular flexibility index (Phi) is 6.33. The summed E-state index contributed by atoms with van der Waals surface area (Å²) in [5.74, 6) is 1.92. The molecule has 3 heterocycles. The van der Waals surface area contributed by atoms with Gasteiger partial charge in [-0.05, 0) is 50.2 Å². The minimum absolute atomic E-state index is 0.0291. The number of carbonyl (C=O) groups is 1. The van der Waals surface area contributed by atoms with Crippen molar-refractivity contribution in [3.05, 3.63) is 77.4 Å². The quantitative estimate of drug-likeness (QED) is 0.424. The van der Waals surface area contributed by atoms with Gasteiger partial charge in [-0.15, -0.1) is 0 Å². The second kappa shape index (κ2) is 9.71. The number of aromatic nitrogens is 4. The summed E-state index contributed by atoms with van der Waals surface area (Å²) in [6.07, 6.45) is 0. The number of para-hydroxylation sites is 1. The van der Waals surface area contributed by atoms with Crippen LogP contribution in [0.5, 0.6) is 5.75 Å². The van der Waals surface area contributed by atoms with Crippen molar-refractivity contribution in [1.82, 2.24) is 29.7 Å². The number of hydrogen-bond donors (Lipinski definition) is 0. The zero-order valence-electron chi connectivity index (χ0n) is 20.1. The van der Waals surface area contributed by atoms with Gasteiger partial charge in [-0.25, -0.2) is 4.68 Å². The predicted octanol–water partition coefficient (Wildman–Crippen LogP) is 3.51. The van der Waals surface area contributed by atoms with E-state index in [9.17, 15) is 4.79 Å². The van der Waals surface area contributed by atoms with Gasteiger partial charge in [0, 0.05) is 31.7 Å². The molecular weight excluding hydrogens is 444 g/mol. The molecule has 0 spiro atoms. The van der Waals surface area contributed by atoms with E-state index in [1.54, 1.807) is 7.11 Å². The normalized spacial score (nSPS) is 14.3. The molecule has 0 aliphatic carbocycles. The molecule has 1 aliphatic heterocycles. The molecule has 2 aromatic carbocycles. The lowest BCUT2D eigenvalue weighted by molar-refractivity contribution is 0.0613. The van der Waals surface area contributed by atoms with Crippen LogP contribution < -0.4 is 4.74 Å². The summed E-state index contributed by atoms with van der Waals surface area (Å²) in [5.41, 5.74) is 4.11. The van der Waals surface area contributed by atoms with Gasteiger partial charge in [0.25, 0.3) is 5.91 Å². The Hall–Kier alpha value is -3.98. The average molecular weight is 473 g/mol. The maximum absolute atomic E-state index is 13.4. The highest BCUT2D eigenvalue weighted by molar-refractivity contribution is 5.96. The Morgan fingerprint density at radius 2 is 1.71 bits per heavy atom. The van der Waals surface area contributed by atoms with Crippen molar-refractivity contribution in [3.8, 4) is 22.8 Å². The van der Waals surface area contributed by atoms with Crippen molar-refractivity contribution in [2.24, 2.45) is 0 Å². The van der Waals surface area contributed by atoms with Crippen LogP contribution in [0.2, 0.25) is 0 Å². The number of carbonyl (C=O) groups excluding carboxylic acids is 1. The number of aryl methyl sites for hydroxylation is 1.